The number of hydrazone groups is 1. The van der Waals surface area contributed by atoms with E-state index in [0.717, 1.165) is 10.0 Å². The number of nitrogens with one attached hydrogen (secondary N) is 1. The van der Waals surface area contributed by atoms with Crippen LogP contribution >= 0.6 is 31.9 Å². The molecule has 0 aromatic heterocycles. The number of non-ortho nitro benzene ring substituents is 1. The van der Waals surface area contributed by atoms with Gasteiger partial charge in [-0.25, -0.2) is 5.43 Å². The van der Waals surface area contributed by atoms with Crippen molar-refractivity contribution in [3.05, 3.63) is 96.4 Å². The Morgan fingerprint density at radius 1 is 1.12 bits per heavy atom. The Kier molecular flexibility index (Phi) is 7.96. The summed E-state index contributed by atoms with van der Waals surface area (Å²) in [4.78, 5) is 22.4. The molecule has 1 amide bonds. The van der Waals surface area contributed by atoms with Gasteiger partial charge in [0.2, 0.25) is 0 Å². The minimum Gasteiger partial charge on any atom is -0.493 e. The smallest absolute Gasteiger partial charge is 0.271 e. The van der Waals surface area contributed by atoms with Crippen molar-refractivity contribution >= 4 is 49.7 Å². The lowest BCUT2D eigenvalue weighted by atomic mass is 10.2. The van der Waals surface area contributed by atoms with Crippen molar-refractivity contribution in [2.24, 2.45) is 5.10 Å². The number of nitro benzene ring substituents is 1. The molecule has 0 heterocycles. The molecule has 0 radical (unpaired) electrons. The van der Waals surface area contributed by atoms with Crippen LogP contribution in [0.15, 0.2) is 74.7 Å². The lowest BCUT2D eigenvalue weighted by Crippen LogP contribution is -2.17. The van der Waals surface area contributed by atoms with Gasteiger partial charge >= 0.3 is 0 Å². The molecule has 0 aliphatic rings. The van der Waals surface area contributed by atoms with Gasteiger partial charge in [0.25, 0.3) is 11.6 Å². The molecule has 3 aromatic carbocycles. The molecule has 0 spiro atoms. The minimum absolute atomic E-state index is 0.0170. The predicted octanol–water partition coefficient (Wildman–Crippen LogP) is 5.47. The second kappa shape index (κ2) is 10.9. The molecule has 0 aliphatic carbocycles. The maximum absolute atomic E-state index is 12.1. The van der Waals surface area contributed by atoms with E-state index < -0.39 is 4.92 Å². The highest BCUT2D eigenvalue weighted by atomic mass is 79.9. The molecule has 32 heavy (non-hydrogen) atoms. The Labute approximate surface area is 200 Å². The van der Waals surface area contributed by atoms with Crippen LogP contribution in [0.2, 0.25) is 0 Å². The second-order valence-electron chi connectivity index (χ2n) is 6.45. The first-order chi connectivity index (χ1) is 15.4. The van der Waals surface area contributed by atoms with E-state index in [2.05, 4.69) is 42.4 Å². The number of hydrogen-bond donors (Lipinski definition) is 1. The normalized spacial score (nSPS) is 10.7. The average Bonchev–Trinajstić information content (AvgIpc) is 2.78. The first kappa shape index (κ1) is 23.4. The van der Waals surface area contributed by atoms with Crippen LogP contribution in [-0.2, 0) is 6.61 Å². The molecule has 0 atom stereocenters. The minimum atomic E-state index is -0.453. The first-order valence-corrected chi connectivity index (χ1v) is 10.8. The van der Waals surface area contributed by atoms with Gasteiger partial charge in [-0.05, 0) is 75.6 Å². The number of hydrogen-bond acceptors (Lipinski definition) is 6. The van der Waals surface area contributed by atoms with Crippen LogP contribution < -0.4 is 14.9 Å². The van der Waals surface area contributed by atoms with E-state index in [-0.39, 0.29) is 18.2 Å². The van der Waals surface area contributed by atoms with Crippen molar-refractivity contribution < 1.29 is 19.2 Å². The fourth-order valence-electron chi connectivity index (χ4n) is 2.66. The predicted molar refractivity (Wildman–Crippen MR) is 127 cm³/mol. The van der Waals surface area contributed by atoms with Crippen LogP contribution in [0.5, 0.6) is 11.5 Å². The van der Waals surface area contributed by atoms with Crippen molar-refractivity contribution in [3.63, 3.8) is 0 Å². The number of carbonyl (C=O) groups is 1. The zero-order valence-electron chi connectivity index (χ0n) is 16.7. The number of rotatable bonds is 8. The SMILES string of the molecule is COc1cc(/C=N\NC(=O)c2ccc(Br)cc2)cc(Br)c1OCc1ccc([N+](=O)[O-])cc1. The molecule has 8 nitrogen and oxygen atoms in total. The summed E-state index contributed by atoms with van der Waals surface area (Å²) in [6, 6.07) is 16.5. The van der Waals surface area contributed by atoms with Gasteiger partial charge in [-0.3, -0.25) is 14.9 Å². The quantitative estimate of drug-likeness (QED) is 0.223. The van der Waals surface area contributed by atoms with Crippen LogP contribution in [0.1, 0.15) is 21.5 Å². The molecular formula is C22H17Br2N3O5. The number of amides is 1. The van der Waals surface area contributed by atoms with Gasteiger partial charge in [0.05, 0.1) is 22.7 Å². The van der Waals surface area contributed by atoms with E-state index in [1.165, 1.54) is 25.5 Å². The molecule has 0 saturated carbocycles. The maximum atomic E-state index is 12.1. The third-order valence-electron chi connectivity index (χ3n) is 4.27. The molecule has 1 N–H and O–H groups in total. The number of carbonyl (C=O) groups excluding carboxylic acids is 1. The summed E-state index contributed by atoms with van der Waals surface area (Å²) in [5.74, 6) is 0.603. The van der Waals surface area contributed by atoms with Crippen molar-refractivity contribution in [1.29, 1.82) is 0 Å². The summed E-state index contributed by atoms with van der Waals surface area (Å²) >= 11 is 6.78. The summed E-state index contributed by atoms with van der Waals surface area (Å²) in [7, 11) is 1.51. The molecule has 0 fully saturated rings. The fourth-order valence-corrected chi connectivity index (χ4v) is 3.49. The summed E-state index contributed by atoms with van der Waals surface area (Å²) in [6.07, 6.45) is 1.49. The van der Waals surface area contributed by atoms with Crippen LogP contribution in [0, 0.1) is 10.1 Å². The van der Waals surface area contributed by atoms with Gasteiger partial charge < -0.3 is 9.47 Å². The maximum Gasteiger partial charge on any atom is 0.271 e. The Morgan fingerprint density at radius 2 is 1.81 bits per heavy atom. The lowest BCUT2D eigenvalue weighted by Gasteiger charge is -2.13. The van der Waals surface area contributed by atoms with E-state index in [0.29, 0.717) is 27.1 Å². The number of halogens is 2. The van der Waals surface area contributed by atoms with E-state index in [1.54, 1.807) is 48.5 Å². The third-order valence-corrected chi connectivity index (χ3v) is 5.39. The molecule has 3 rings (SSSR count). The van der Waals surface area contributed by atoms with Crippen molar-refractivity contribution in [1.82, 2.24) is 5.43 Å². The topological polar surface area (TPSA) is 103 Å². The largest absolute Gasteiger partial charge is 0.493 e. The molecule has 0 unspecified atom stereocenters. The average molecular weight is 563 g/mol. The lowest BCUT2D eigenvalue weighted by molar-refractivity contribution is -0.384. The number of nitro groups is 1. The van der Waals surface area contributed by atoms with Crippen LogP contribution in [0.3, 0.4) is 0 Å². The van der Waals surface area contributed by atoms with Gasteiger partial charge in [0.15, 0.2) is 11.5 Å². The molecule has 0 aliphatic heterocycles. The highest BCUT2D eigenvalue weighted by molar-refractivity contribution is 9.10. The number of methoxy groups -OCH3 is 1. The van der Waals surface area contributed by atoms with Gasteiger partial charge in [-0.1, -0.05) is 15.9 Å². The van der Waals surface area contributed by atoms with Gasteiger partial charge in [-0.15, -0.1) is 0 Å². The summed E-state index contributed by atoms with van der Waals surface area (Å²) < 4.78 is 12.8. The van der Waals surface area contributed by atoms with Crippen LogP contribution in [-0.4, -0.2) is 24.2 Å². The van der Waals surface area contributed by atoms with E-state index in [9.17, 15) is 14.9 Å². The molecular weight excluding hydrogens is 546 g/mol. The molecule has 0 saturated heterocycles. The molecule has 0 bridgehead atoms. The fraction of sp³-hybridized carbons (Fsp3) is 0.0909. The second-order valence-corrected chi connectivity index (χ2v) is 8.22. The summed E-state index contributed by atoms with van der Waals surface area (Å²) in [6.45, 7) is 0.198. The molecule has 3 aromatic rings. The molecule has 164 valence electrons. The number of benzene rings is 3. The highest BCUT2D eigenvalue weighted by Crippen LogP contribution is 2.37. The van der Waals surface area contributed by atoms with Gasteiger partial charge in [0.1, 0.15) is 6.61 Å². The van der Waals surface area contributed by atoms with Crippen LogP contribution in [0.25, 0.3) is 0 Å². The van der Waals surface area contributed by atoms with E-state index >= 15 is 0 Å². The van der Waals surface area contributed by atoms with Crippen molar-refractivity contribution in [2.75, 3.05) is 7.11 Å². The van der Waals surface area contributed by atoms with E-state index in [1.807, 2.05) is 0 Å². The zero-order chi connectivity index (χ0) is 23.1. The number of nitrogens with zero attached hydrogens (tertiary/aromatic N) is 2. The standard InChI is InChI=1S/C22H17Br2N3O5/c1-31-20-11-15(12-25-26-22(28)16-4-6-17(23)7-5-16)10-19(24)21(20)32-13-14-2-8-18(9-3-14)27(29)30/h2-12H,13H2,1H3,(H,26,28)/b25-12-. The Morgan fingerprint density at radius 3 is 2.44 bits per heavy atom. The molecule has 10 heteroatoms. The van der Waals surface area contributed by atoms with Gasteiger partial charge in [0, 0.05) is 22.2 Å². The van der Waals surface area contributed by atoms with Gasteiger partial charge in [-0.2, -0.15) is 5.10 Å². The monoisotopic (exact) mass is 561 g/mol. The third kappa shape index (κ3) is 6.14. The van der Waals surface area contributed by atoms with Crippen molar-refractivity contribution in [3.8, 4) is 11.5 Å². The number of ether oxygens (including phenoxy) is 2. The Bertz CT molecular complexity index is 1150. The Hall–Kier alpha value is -3.24. The zero-order valence-corrected chi connectivity index (χ0v) is 19.9. The summed E-state index contributed by atoms with van der Waals surface area (Å²) in [5, 5.41) is 14.8. The summed E-state index contributed by atoms with van der Waals surface area (Å²) in [5.41, 5.74) is 4.42. The van der Waals surface area contributed by atoms with Crippen molar-refractivity contribution in [2.45, 2.75) is 6.61 Å². The highest BCUT2D eigenvalue weighted by Gasteiger charge is 2.12. The Balaban J connectivity index is 1.67. The van der Waals surface area contributed by atoms with E-state index in [4.69, 9.17) is 9.47 Å². The first-order valence-electron chi connectivity index (χ1n) is 9.20. The van der Waals surface area contributed by atoms with Crippen LogP contribution in [0.4, 0.5) is 5.69 Å².